The van der Waals surface area contributed by atoms with Crippen molar-refractivity contribution < 1.29 is 18.7 Å². The summed E-state index contributed by atoms with van der Waals surface area (Å²) in [5, 5.41) is 2.83. The second kappa shape index (κ2) is 9.02. The SMILES string of the molecule is COC(=O)CCN(Cc1ccco1)C(=O)Nc1ccc(SC)cc1. The lowest BCUT2D eigenvalue weighted by molar-refractivity contribution is -0.140. The number of hydrogen-bond donors (Lipinski definition) is 1. The number of furan rings is 1. The van der Waals surface area contributed by atoms with Gasteiger partial charge in [0.2, 0.25) is 0 Å². The highest BCUT2D eigenvalue weighted by atomic mass is 32.2. The van der Waals surface area contributed by atoms with Crippen molar-refractivity contribution in [2.75, 3.05) is 25.2 Å². The molecule has 1 N–H and O–H groups in total. The maximum Gasteiger partial charge on any atom is 0.322 e. The van der Waals surface area contributed by atoms with Gasteiger partial charge < -0.3 is 19.4 Å². The van der Waals surface area contributed by atoms with E-state index in [9.17, 15) is 9.59 Å². The normalized spacial score (nSPS) is 10.2. The summed E-state index contributed by atoms with van der Waals surface area (Å²) in [6, 6.07) is 10.8. The van der Waals surface area contributed by atoms with Crippen LogP contribution < -0.4 is 5.32 Å². The molecule has 0 radical (unpaired) electrons. The summed E-state index contributed by atoms with van der Waals surface area (Å²) in [7, 11) is 1.33. The summed E-state index contributed by atoms with van der Waals surface area (Å²) in [5.74, 6) is 0.282. The van der Waals surface area contributed by atoms with Gasteiger partial charge in [0.05, 0.1) is 26.3 Å². The van der Waals surface area contributed by atoms with E-state index in [0.717, 1.165) is 4.90 Å². The third-order valence-electron chi connectivity index (χ3n) is 3.37. The standard InChI is InChI=1S/C17H20N2O4S/c1-22-16(20)9-10-19(12-14-4-3-11-23-14)17(21)18-13-5-7-15(24-2)8-6-13/h3-8,11H,9-10,12H2,1-2H3,(H,18,21). The number of urea groups is 1. The fraction of sp³-hybridized carbons (Fsp3) is 0.294. The molecule has 0 aliphatic heterocycles. The summed E-state index contributed by atoms with van der Waals surface area (Å²) in [6.07, 6.45) is 3.66. The molecule has 2 aromatic rings. The number of carbonyl (C=O) groups is 2. The number of amides is 2. The van der Waals surface area contributed by atoms with Gasteiger partial charge in [-0.3, -0.25) is 4.79 Å². The van der Waals surface area contributed by atoms with E-state index in [1.807, 2.05) is 30.5 Å². The molecular formula is C17H20N2O4S. The first-order chi connectivity index (χ1) is 11.6. The van der Waals surface area contributed by atoms with E-state index in [1.54, 1.807) is 30.2 Å². The van der Waals surface area contributed by atoms with Crippen LogP contribution in [0.1, 0.15) is 12.2 Å². The third-order valence-corrected chi connectivity index (χ3v) is 4.11. The van der Waals surface area contributed by atoms with Gasteiger partial charge in [0.15, 0.2) is 0 Å². The Hall–Kier alpha value is -2.41. The Morgan fingerprint density at radius 2 is 2.00 bits per heavy atom. The largest absolute Gasteiger partial charge is 0.469 e. The quantitative estimate of drug-likeness (QED) is 0.611. The average molecular weight is 348 g/mol. The maximum absolute atomic E-state index is 12.5. The maximum atomic E-state index is 12.5. The van der Waals surface area contributed by atoms with Crippen LogP contribution in [0.3, 0.4) is 0 Å². The van der Waals surface area contributed by atoms with Crippen LogP contribution in [0, 0.1) is 0 Å². The van der Waals surface area contributed by atoms with Crippen molar-refractivity contribution >= 4 is 29.4 Å². The van der Waals surface area contributed by atoms with Crippen LogP contribution in [0.15, 0.2) is 52.0 Å². The number of benzene rings is 1. The molecule has 0 bridgehead atoms. The molecule has 0 fully saturated rings. The van der Waals surface area contributed by atoms with Crippen molar-refractivity contribution in [3.8, 4) is 0 Å². The van der Waals surface area contributed by atoms with Gasteiger partial charge in [-0.2, -0.15) is 0 Å². The van der Waals surface area contributed by atoms with Gasteiger partial charge >= 0.3 is 12.0 Å². The monoisotopic (exact) mass is 348 g/mol. The second-order valence-electron chi connectivity index (χ2n) is 4.99. The molecule has 0 atom stereocenters. The summed E-state index contributed by atoms with van der Waals surface area (Å²) in [6.45, 7) is 0.515. The fourth-order valence-electron chi connectivity index (χ4n) is 2.05. The molecule has 0 saturated carbocycles. The molecular weight excluding hydrogens is 328 g/mol. The van der Waals surface area contributed by atoms with E-state index in [-0.39, 0.29) is 31.5 Å². The number of rotatable bonds is 7. The van der Waals surface area contributed by atoms with E-state index < -0.39 is 0 Å². The number of anilines is 1. The van der Waals surface area contributed by atoms with Gasteiger partial charge in [0.25, 0.3) is 0 Å². The van der Waals surface area contributed by atoms with Gasteiger partial charge in [-0.1, -0.05) is 0 Å². The molecule has 24 heavy (non-hydrogen) atoms. The number of thioether (sulfide) groups is 1. The van der Waals surface area contributed by atoms with E-state index in [4.69, 9.17) is 4.42 Å². The summed E-state index contributed by atoms with van der Waals surface area (Å²) in [5.41, 5.74) is 0.695. The van der Waals surface area contributed by atoms with Crippen molar-refractivity contribution in [1.82, 2.24) is 4.90 Å². The first-order valence-electron chi connectivity index (χ1n) is 7.41. The van der Waals surface area contributed by atoms with E-state index in [1.165, 1.54) is 12.0 Å². The molecule has 6 nitrogen and oxygen atoms in total. The Kier molecular flexibility index (Phi) is 6.74. The van der Waals surface area contributed by atoms with Crippen LogP contribution in [-0.2, 0) is 16.1 Å². The molecule has 2 amide bonds. The summed E-state index contributed by atoms with van der Waals surface area (Å²) in [4.78, 5) is 26.5. The van der Waals surface area contributed by atoms with E-state index in [2.05, 4.69) is 10.1 Å². The number of ether oxygens (including phenoxy) is 1. The van der Waals surface area contributed by atoms with Crippen molar-refractivity contribution in [2.45, 2.75) is 17.9 Å². The fourth-order valence-corrected chi connectivity index (χ4v) is 2.46. The van der Waals surface area contributed by atoms with E-state index in [0.29, 0.717) is 11.4 Å². The zero-order valence-electron chi connectivity index (χ0n) is 13.7. The third kappa shape index (κ3) is 5.34. The van der Waals surface area contributed by atoms with Gasteiger partial charge in [-0.15, -0.1) is 11.8 Å². The van der Waals surface area contributed by atoms with Gasteiger partial charge in [-0.05, 0) is 42.7 Å². The van der Waals surface area contributed by atoms with Crippen LogP contribution in [-0.4, -0.2) is 36.8 Å². The highest BCUT2D eigenvalue weighted by molar-refractivity contribution is 7.98. The summed E-state index contributed by atoms with van der Waals surface area (Å²) >= 11 is 1.63. The number of nitrogens with one attached hydrogen (secondary N) is 1. The highest BCUT2D eigenvalue weighted by Crippen LogP contribution is 2.18. The number of carbonyl (C=O) groups excluding carboxylic acids is 2. The molecule has 0 unspecified atom stereocenters. The Balaban J connectivity index is 2.02. The van der Waals surface area contributed by atoms with Crippen molar-refractivity contribution in [2.24, 2.45) is 0 Å². The van der Waals surface area contributed by atoms with Crippen LogP contribution in [0.5, 0.6) is 0 Å². The minimum absolute atomic E-state index is 0.121. The minimum atomic E-state index is -0.364. The Morgan fingerprint density at radius 1 is 1.25 bits per heavy atom. The van der Waals surface area contributed by atoms with Crippen molar-refractivity contribution in [3.63, 3.8) is 0 Å². The first kappa shape index (κ1) is 17.9. The van der Waals surface area contributed by atoms with Gasteiger partial charge in [0, 0.05) is 17.1 Å². The molecule has 128 valence electrons. The lowest BCUT2D eigenvalue weighted by Gasteiger charge is -2.21. The number of nitrogens with zero attached hydrogens (tertiary/aromatic N) is 1. The lowest BCUT2D eigenvalue weighted by atomic mass is 10.3. The Bertz CT molecular complexity index is 656. The van der Waals surface area contributed by atoms with Gasteiger partial charge in [0.1, 0.15) is 5.76 Å². The zero-order chi connectivity index (χ0) is 17.4. The molecule has 7 heteroatoms. The van der Waals surface area contributed by atoms with E-state index >= 15 is 0 Å². The minimum Gasteiger partial charge on any atom is -0.469 e. The molecule has 2 rings (SSSR count). The van der Waals surface area contributed by atoms with Crippen molar-refractivity contribution in [3.05, 3.63) is 48.4 Å². The average Bonchev–Trinajstić information content (AvgIpc) is 3.11. The Labute approximate surface area is 145 Å². The van der Waals surface area contributed by atoms with Crippen LogP contribution >= 0.6 is 11.8 Å². The number of methoxy groups -OCH3 is 1. The smallest absolute Gasteiger partial charge is 0.322 e. The zero-order valence-corrected chi connectivity index (χ0v) is 14.5. The molecule has 1 aromatic heterocycles. The van der Waals surface area contributed by atoms with Crippen LogP contribution in [0.25, 0.3) is 0 Å². The molecule has 0 saturated heterocycles. The number of esters is 1. The predicted octanol–water partition coefficient (Wildman–Crippen LogP) is 3.60. The topological polar surface area (TPSA) is 71.8 Å². The molecule has 1 aromatic carbocycles. The Morgan fingerprint density at radius 3 is 2.58 bits per heavy atom. The lowest BCUT2D eigenvalue weighted by Crippen LogP contribution is -2.36. The molecule has 1 heterocycles. The number of hydrogen-bond acceptors (Lipinski definition) is 5. The molecule has 0 aliphatic rings. The molecule has 0 aliphatic carbocycles. The summed E-state index contributed by atoms with van der Waals surface area (Å²) < 4.78 is 9.92. The van der Waals surface area contributed by atoms with Crippen molar-refractivity contribution in [1.29, 1.82) is 0 Å². The predicted molar refractivity (Wildman–Crippen MR) is 93.0 cm³/mol. The molecule has 0 spiro atoms. The second-order valence-corrected chi connectivity index (χ2v) is 5.87. The van der Waals surface area contributed by atoms with Crippen LogP contribution in [0.2, 0.25) is 0 Å². The first-order valence-corrected chi connectivity index (χ1v) is 8.64. The van der Waals surface area contributed by atoms with Crippen LogP contribution in [0.4, 0.5) is 10.5 Å². The van der Waals surface area contributed by atoms with Gasteiger partial charge in [-0.25, -0.2) is 4.79 Å². The highest BCUT2D eigenvalue weighted by Gasteiger charge is 2.17.